The van der Waals surface area contributed by atoms with E-state index in [1.54, 1.807) is 30.3 Å². The van der Waals surface area contributed by atoms with Crippen LogP contribution in [0, 0.1) is 0 Å². The zero-order chi connectivity index (χ0) is 18.4. The summed E-state index contributed by atoms with van der Waals surface area (Å²) in [6.07, 6.45) is 0. The van der Waals surface area contributed by atoms with Gasteiger partial charge in [-0.15, -0.1) is 0 Å². The third-order valence-corrected chi connectivity index (χ3v) is 3.68. The first-order chi connectivity index (χ1) is 12.7. The molecule has 3 aromatic rings. The van der Waals surface area contributed by atoms with Crippen molar-refractivity contribution in [2.24, 2.45) is 0 Å². The summed E-state index contributed by atoms with van der Waals surface area (Å²) in [5, 5.41) is 3.35. The van der Waals surface area contributed by atoms with Gasteiger partial charge in [0.15, 0.2) is 0 Å². The van der Waals surface area contributed by atoms with Gasteiger partial charge in [-0.2, -0.15) is 0 Å². The lowest BCUT2D eigenvalue weighted by atomic mass is 10.2. The molecular weight excluding hydrogens is 334 g/mol. The van der Waals surface area contributed by atoms with Gasteiger partial charge in [0.25, 0.3) is 5.91 Å². The number of carbonyl (C=O) groups excluding carboxylic acids is 1. The van der Waals surface area contributed by atoms with Gasteiger partial charge in [0.1, 0.15) is 29.3 Å². The molecule has 26 heavy (non-hydrogen) atoms. The van der Waals surface area contributed by atoms with E-state index < -0.39 is 11.5 Å². The minimum Gasteiger partial charge on any atom is -0.494 e. The van der Waals surface area contributed by atoms with Crippen LogP contribution >= 0.6 is 0 Å². The van der Waals surface area contributed by atoms with Crippen LogP contribution in [0.25, 0.3) is 11.0 Å². The molecule has 2 aromatic carbocycles. The maximum atomic E-state index is 12.2. The van der Waals surface area contributed by atoms with Crippen molar-refractivity contribution in [2.75, 3.05) is 19.8 Å². The van der Waals surface area contributed by atoms with Gasteiger partial charge in [0.2, 0.25) is 0 Å². The van der Waals surface area contributed by atoms with E-state index in [-0.39, 0.29) is 18.7 Å². The highest BCUT2D eigenvalue weighted by molar-refractivity contribution is 5.96. The van der Waals surface area contributed by atoms with Crippen molar-refractivity contribution in [3.8, 4) is 11.5 Å². The number of amides is 1. The number of hydrogen-bond donors (Lipinski definition) is 1. The van der Waals surface area contributed by atoms with Gasteiger partial charge in [-0.25, -0.2) is 4.79 Å². The van der Waals surface area contributed by atoms with Crippen LogP contribution in [0.5, 0.6) is 11.5 Å². The Hall–Kier alpha value is -3.28. The molecule has 1 heterocycles. The van der Waals surface area contributed by atoms with E-state index in [0.29, 0.717) is 23.3 Å². The van der Waals surface area contributed by atoms with Crippen LogP contribution in [0.2, 0.25) is 0 Å². The van der Waals surface area contributed by atoms with E-state index >= 15 is 0 Å². The summed E-state index contributed by atoms with van der Waals surface area (Å²) in [7, 11) is 0. The summed E-state index contributed by atoms with van der Waals surface area (Å²) in [5.41, 5.74) is -0.230. The minimum atomic E-state index is -0.659. The normalized spacial score (nSPS) is 10.5. The molecule has 0 radical (unpaired) electrons. The summed E-state index contributed by atoms with van der Waals surface area (Å²) in [5.74, 6) is 0.962. The van der Waals surface area contributed by atoms with Crippen molar-refractivity contribution >= 4 is 16.9 Å². The monoisotopic (exact) mass is 353 g/mol. The van der Waals surface area contributed by atoms with Gasteiger partial charge in [0, 0.05) is 5.39 Å². The Kier molecular flexibility index (Phi) is 5.53. The maximum absolute atomic E-state index is 12.2. The zero-order valence-electron chi connectivity index (χ0n) is 14.4. The first-order valence-electron chi connectivity index (χ1n) is 8.34. The van der Waals surface area contributed by atoms with Crippen LogP contribution in [-0.2, 0) is 0 Å². The lowest BCUT2D eigenvalue weighted by molar-refractivity contribution is 0.0943. The molecule has 0 unspecified atom stereocenters. The van der Waals surface area contributed by atoms with Gasteiger partial charge in [0.05, 0.1) is 13.2 Å². The molecule has 1 amide bonds. The Balaban J connectivity index is 1.54. The fraction of sp³-hybridized carbons (Fsp3) is 0.200. The summed E-state index contributed by atoms with van der Waals surface area (Å²) in [4.78, 5) is 24.1. The molecular formula is C20H19NO5. The van der Waals surface area contributed by atoms with Crippen LogP contribution in [0.3, 0.4) is 0 Å². The molecule has 0 fully saturated rings. The summed E-state index contributed by atoms with van der Waals surface area (Å²) < 4.78 is 16.1. The molecule has 0 saturated heterocycles. The van der Waals surface area contributed by atoms with Crippen molar-refractivity contribution < 1.29 is 18.7 Å². The van der Waals surface area contributed by atoms with Gasteiger partial charge in [-0.1, -0.05) is 18.2 Å². The number of nitrogens with one attached hydrogen (secondary N) is 1. The van der Waals surface area contributed by atoms with Crippen molar-refractivity contribution in [3.63, 3.8) is 0 Å². The standard InChI is InChI=1S/C20H19NO5/c1-2-24-15-7-9-16(10-8-15)25-12-11-21-19(22)17-13-14-5-3-4-6-18(14)26-20(17)23/h3-10,13H,2,11-12H2,1H3,(H,21,22). The van der Waals surface area contributed by atoms with Gasteiger partial charge in [-0.3, -0.25) is 4.79 Å². The minimum absolute atomic E-state index is 0.0234. The molecule has 0 aliphatic heterocycles. The number of carbonyl (C=O) groups is 1. The van der Waals surface area contributed by atoms with Crippen molar-refractivity contribution in [3.05, 3.63) is 70.6 Å². The van der Waals surface area contributed by atoms with Crippen LogP contribution in [0.1, 0.15) is 17.3 Å². The first kappa shape index (κ1) is 17.5. The Morgan fingerprint density at radius 3 is 2.46 bits per heavy atom. The third kappa shape index (κ3) is 4.22. The van der Waals surface area contributed by atoms with E-state index in [1.165, 1.54) is 6.07 Å². The first-order valence-corrected chi connectivity index (χ1v) is 8.34. The summed E-state index contributed by atoms with van der Waals surface area (Å²) in [6.45, 7) is 3.06. The molecule has 0 bridgehead atoms. The van der Waals surface area contributed by atoms with E-state index in [9.17, 15) is 9.59 Å². The fourth-order valence-electron chi connectivity index (χ4n) is 2.45. The highest BCUT2D eigenvalue weighted by Gasteiger charge is 2.13. The van der Waals surface area contributed by atoms with Gasteiger partial charge >= 0.3 is 5.63 Å². The molecule has 1 N–H and O–H groups in total. The Bertz CT molecular complexity index is 946. The quantitative estimate of drug-likeness (QED) is 0.522. The lowest BCUT2D eigenvalue weighted by Gasteiger charge is -2.09. The molecule has 0 saturated carbocycles. The largest absolute Gasteiger partial charge is 0.494 e. The SMILES string of the molecule is CCOc1ccc(OCCNC(=O)c2cc3ccccc3oc2=O)cc1. The van der Waals surface area contributed by atoms with E-state index in [0.717, 1.165) is 5.75 Å². The molecule has 0 atom stereocenters. The van der Waals surface area contributed by atoms with E-state index in [2.05, 4.69) is 5.32 Å². The molecule has 6 nitrogen and oxygen atoms in total. The van der Waals surface area contributed by atoms with Crippen molar-refractivity contribution in [1.82, 2.24) is 5.32 Å². The molecule has 0 aliphatic carbocycles. The van der Waals surface area contributed by atoms with Crippen LogP contribution in [-0.4, -0.2) is 25.7 Å². The smallest absolute Gasteiger partial charge is 0.349 e. The zero-order valence-corrected chi connectivity index (χ0v) is 14.4. The number of ether oxygens (including phenoxy) is 2. The Morgan fingerprint density at radius 2 is 1.73 bits per heavy atom. The average Bonchev–Trinajstić information content (AvgIpc) is 2.66. The molecule has 6 heteroatoms. The highest BCUT2D eigenvalue weighted by atomic mass is 16.5. The molecule has 3 rings (SSSR count). The predicted molar refractivity (Wildman–Crippen MR) is 97.9 cm³/mol. The number of fused-ring (bicyclic) bond motifs is 1. The van der Waals surface area contributed by atoms with Gasteiger partial charge < -0.3 is 19.2 Å². The average molecular weight is 353 g/mol. The molecule has 0 spiro atoms. The van der Waals surface area contributed by atoms with Gasteiger partial charge in [-0.05, 0) is 43.3 Å². The van der Waals surface area contributed by atoms with Crippen LogP contribution in [0.4, 0.5) is 0 Å². The lowest BCUT2D eigenvalue weighted by Crippen LogP contribution is -2.31. The third-order valence-electron chi connectivity index (χ3n) is 3.68. The maximum Gasteiger partial charge on any atom is 0.349 e. The second-order valence-electron chi connectivity index (χ2n) is 5.49. The van der Waals surface area contributed by atoms with E-state index in [4.69, 9.17) is 13.9 Å². The fourth-order valence-corrected chi connectivity index (χ4v) is 2.45. The van der Waals surface area contributed by atoms with Crippen molar-refractivity contribution in [1.29, 1.82) is 0 Å². The van der Waals surface area contributed by atoms with E-state index in [1.807, 2.05) is 25.1 Å². The number of rotatable bonds is 7. The van der Waals surface area contributed by atoms with Crippen LogP contribution in [0.15, 0.2) is 63.8 Å². The van der Waals surface area contributed by atoms with Crippen molar-refractivity contribution in [2.45, 2.75) is 6.92 Å². The summed E-state index contributed by atoms with van der Waals surface area (Å²) >= 11 is 0. The molecule has 0 aliphatic rings. The highest BCUT2D eigenvalue weighted by Crippen LogP contribution is 2.17. The predicted octanol–water partition coefficient (Wildman–Crippen LogP) is 3.00. The number of hydrogen-bond acceptors (Lipinski definition) is 5. The number of benzene rings is 2. The van der Waals surface area contributed by atoms with Crippen LogP contribution < -0.4 is 20.4 Å². The second-order valence-corrected chi connectivity index (χ2v) is 5.49. The topological polar surface area (TPSA) is 77.8 Å². The summed E-state index contributed by atoms with van der Waals surface area (Å²) in [6, 6.07) is 15.8. The molecule has 1 aromatic heterocycles. The molecule has 134 valence electrons. The number of para-hydroxylation sites is 1. The Labute approximate surface area is 150 Å². The second kappa shape index (κ2) is 8.20. The Morgan fingerprint density at radius 1 is 1.04 bits per heavy atom.